The van der Waals surface area contributed by atoms with Crippen molar-refractivity contribution >= 4 is 35.1 Å². The summed E-state index contributed by atoms with van der Waals surface area (Å²) in [7, 11) is 0. The summed E-state index contributed by atoms with van der Waals surface area (Å²) in [5.74, 6) is -3.52. The van der Waals surface area contributed by atoms with Crippen LogP contribution in [0, 0.1) is 5.92 Å². The van der Waals surface area contributed by atoms with Crippen LogP contribution in [0.25, 0.3) is 0 Å². The lowest BCUT2D eigenvalue weighted by Crippen LogP contribution is -2.33. The molecule has 0 aliphatic carbocycles. The van der Waals surface area contributed by atoms with E-state index < -0.39 is 35.0 Å². The first-order valence-corrected chi connectivity index (χ1v) is 8.50. The first-order valence-electron chi connectivity index (χ1n) is 7.62. The van der Waals surface area contributed by atoms with Gasteiger partial charge in [0.15, 0.2) is 0 Å². The highest BCUT2D eigenvalue weighted by Gasteiger charge is 2.33. The molecule has 0 aromatic heterocycles. The van der Waals surface area contributed by atoms with E-state index in [-0.39, 0.29) is 0 Å². The summed E-state index contributed by atoms with van der Waals surface area (Å²) in [5.41, 5.74) is 0. The molecule has 0 amide bonds. The van der Waals surface area contributed by atoms with Crippen molar-refractivity contribution in [2.24, 2.45) is 5.92 Å². The minimum atomic E-state index is -1.21. The lowest BCUT2D eigenvalue weighted by molar-refractivity contribution is -0.148. The fraction of sp³-hybridized carbons (Fsp3) is 0.867. The average molecular weight is 341 g/mol. The quantitative estimate of drug-likeness (QED) is 0.382. The van der Waals surface area contributed by atoms with Crippen molar-refractivity contribution in [2.45, 2.75) is 75.5 Å². The van der Waals surface area contributed by atoms with Crippen LogP contribution in [-0.4, -0.2) is 32.9 Å². The van der Waals surface area contributed by atoms with Crippen molar-refractivity contribution in [3.63, 3.8) is 0 Å². The third-order valence-electron chi connectivity index (χ3n) is 3.53. The summed E-state index contributed by atoms with van der Waals surface area (Å²) in [6.07, 6.45) is 8.15. The molecule has 6 heteroatoms. The van der Waals surface area contributed by atoms with Crippen molar-refractivity contribution in [1.82, 2.24) is 0 Å². The molecule has 0 fully saturated rings. The lowest BCUT2D eigenvalue weighted by atomic mass is 9.96. The highest BCUT2D eigenvalue weighted by molar-refractivity contribution is 6.30. The Bertz CT molecular complexity index is 310. The van der Waals surface area contributed by atoms with Crippen LogP contribution in [0.4, 0.5) is 0 Å². The lowest BCUT2D eigenvalue weighted by Gasteiger charge is -2.21. The third kappa shape index (κ3) is 9.97. The number of halogens is 2. The van der Waals surface area contributed by atoms with Gasteiger partial charge < -0.3 is 10.2 Å². The molecule has 0 spiro atoms. The Balaban J connectivity index is 3.98. The van der Waals surface area contributed by atoms with E-state index >= 15 is 0 Å². The highest BCUT2D eigenvalue weighted by atomic mass is 35.5. The largest absolute Gasteiger partial charge is 0.481 e. The van der Waals surface area contributed by atoms with E-state index in [9.17, 15) is 9.59 Å². The maximum absolute atomic E-state index is 11.1. The van der Waals surface area contributed by atoms with Gasteiger partial charge in [-0.3, -0.25) is 9.59 Å². The van der Waals surface area contributed by atoms with E-state index in [2.05, 4.69) is 6.92 Å². The zero-order valence-corrected chi connectivity index (χ0v) is 14.1. The molecule has 0 saturated heterocycles. The van der Waals surface area contributed by atoms with Crippen molar-refractivity contribution in [3.05, 3.63) is 0 Å². The van der Waals surface area contributed by atoms with Crippen LogP contribution >= 0.6 is 23.2 Å². The number of unbranched alkanes of at least 4 members (excludes halogenated alkanes) is 6. The molecule has 2 N–H and O–H groups in total. The molecule has 0 bridgehead atoms. The van der Waals surface area contributed by atoms with Gasteiger partial charge in [-0.2, -0.15) is 0 Å². The minimum absolute atomic E-state index is 0.496. The minimum Gasteiger partial charge on any atom is -0.481 e. The van der Waals surface area contributed by atoms with Crippen LogP contribution in [0.1, 0.15) is 64.7 Å². The van der Waals surface area contributed by atoms with Crippen LogP contribution in [0.5, 0.6) is 0 Å². The van der Waals surface area contributed by atoms with Crippen LogP contribution in [0.2, 0.25) is 0 Å². The predicted molar refractivity (Wildman–Crippen MR) is 85.3 cm³/mol. The maximum Gasteiger partial charge on any atom is 0.308 e. The summed E-state index contributed by atoms with van der Waals surface area (Å²) < 4.78 is 0. The third-order valence-corrected chi connectivity index (χ3v) is 4.75. The molecule has 0 rings (SSSR count). The summed E-state index contributed by atoms with van der Waals surface area (Å²) in [6.45, 7) is 2.18. The predicted octanol–water partition coefficient (Wildman–Crippen LogP) is 4.52. The molecule has 0 saturated carbocycles. The first-order chi connectivity index (χ1) is 9.90. The molecule has 3 atom stereocenters. The molecule has 0 aromatic carbocycles. The summed E-state index contributed by atoms with van der Waals surface area (Å²) >= 11 is 12.2. The molecule has 0 heterocycles. The monoisotopic (exact) mass is 340 g/mol. The van der Waals surface area contributed by atoms with Crippen LogP contribution in [-0.2, 0) is 9.59 Å². The van der Waals surface area contributed by atoms with Gasteiger partial charge in [-0.1, -0.05) is 51.9 Å². The number of hydrogen-bond donors (Lipinski definition) is 2. The number of aliphatic carboxylic acids is 2. The van der Waals surface area contributed by atoms with E-state index in [0.29, 0.717) is 6.42 Å². The Morgan fingerprint density at radius 2 is 1.48 bits per heavy atom. The Morgan fingerprint density at radius 3 is 1.95 bits per heavy atom. The van der Waals surface area contributed by atoms with E-state index in [4.69, 9.17) is 33.4 Å². The Hall–Kier alpha value is -0.480. The average Bonchev–Trinajstić information content (AvgIpc) is 2.42. The normalized spacial score (nSPS) is 15.4. The van der Waals surface area contributed by atoms with E-state index in [1.54, 1.807) is 0 Å². The fourth-order valence-electron chi connectivity index (χ4n) is 2.23. The number of carboxylic acids is 2. The van der Waals surface area contributed by atoms with Crippen molar-refractivity contribution < 1.29 is 19.8 Å². The van der Waals surface area contributed by atoms with Crippen LogP contribution in [0.3, 0.4) is 0 Å². The van der Waals surface area contributed by atoms with Gasteiger partial charge in [0.05, 0.1) is 23.1 Å². The number of alkyl halides is 2. The second kappa shape index (κ2) is 12.1. The number of hydrogen-bond acceptors (Lipinski definition) is 2. The summed E-state index contributed by atoms with van der Waals surface area (Å²) in [6, 6.07) is 0. The van der Waals surface area contributed by atoms with Gasteiger partial charge in [-0.25, -0.2) is 0 Å². The van der Waals surface area contributed by atoms with E-state index in [1.807, 2.05) is 0 Å². The second-order valence-electron chi connectivity index (χ2n) is 5.41. The molecule has 0 aliphatic rings. The van der Waals surface area contributed by atoms with Crippen molar-refractivity contribution in [1.29, 1.82) is 0 Å². The molecule has 0 radical (unpaired) electrons. The fourth-order valence-corrected chi connectivity index (χ4v) is 2.88. The van der Waals surface area contributed by atoms with Gasteiger partial charge in [0.1, 0.15) is 0 Å². The summed E-state index contributed by atoms with van der Waals surface area (Å²) in [5, 5.41) is 16.4. The number of carboxylic acid groups (broad SMARTS) is 2. The molecule has 124 valence electrons. The Kier molecular flexibility index (Phi) is 11.8. The van der Waals surface area contributed by atoms with Crippen LogP contribution in [0.15, 0.2) is 0 Å². The standard InChI is InChI=1S/C15H26Cl2O4/c1-2-3-4-5-6-7-8-9-12(16)14(17)11(15(20)21)10-13(18)19/h11-12,14H,2-10H2,1H3,(H,18,19)(H,20,21). The van der Waals surface area contributed by atoms with Gasteiger partial charge in [0, 0.05) is 0 Å². The SMILES string of the molecule is CCCCCCCCCC(Cl)C(Cl)C(CC(=O)O)C(=O)O. The molecule has 21 heavy (non-hydrogen) atoms. The molecular formula is C15H26Cl2O4. The second-order valence-corrected chi connectivity index (χ2v) is 6.48. The van der Waals surface area contributed by atoms with Gasteiger partial charge in [0.25, 0.3) is 0 Å². The molecular weight excluding hydrogens is 315 g/mol. The zero-order chi connectivity index (χ0) is 16.3. The van der Waals surface area contributed by atoms with Crippen molar-refractivity contribution in [3.8, 4) is 0 Å². The van der Waals surface area contributed by atoms with E-state index in [0.717, 1.165) is 19.3 Å². The maximum atomic E-state index is 11.1. The molecule has 0 aliphatic heterocycles. The van der Waals surface area contributed by atoms with Gasteiger partial charge in [-0.15, -0.1) is 23.2 Å². The van der Waals surface area contributed by atoms with Crippen molar-refractivity contribution in [2.75, 3.05) is 0 Å². The zero-order valence-electron chi connectivity index (χ0n) is 12.6. The van der Waals surface area contributed by atoms with Gasteiger partial charge in [-0.05, 0) is 6.42 Å². The van der Waals surface area contributed by atoms with Gasteiger partial charge >= 0.3 is 11.9 Å². The molecule has 3 unspecified atom stereocenters. The topological polar surface area (TPSA) is 74.6 Å². The molecule has 0 aromatic rings. The Labute approximate surface area is 136 Å². The highest BCUT2D eigenvalue weighted by Crippen LogP contribution is 2.26. The first kappa shape index (κ1) is 20.5. The Morgan fingerprint density at radius 1 is 0.952 bits per heavy atom. The van der Waals surface area contributed by atoms with Gasteiger partial charge in [0.2, 0.25) is 0 Å². The number of rotatable bonds is 13. The number of carbonyl (C=O) groups is 2. The summed E-state index contributed by atoms with van der Waals surface area (Å²) in [4.78, 5) is 21.7. The molecule has 4 nitrogen and oxygen atoms in total. The van der Waals surface area contributed by atoms with E-state index in [1.165, 1.54) is 25.7 Å². The van der Waals surface area contributed by atoms with Crippen LogP contribution < -0.4 is 0 Å². The smallest absolute Gasteiger partial charge is 0.308 e.